The van der Waals surface area contributed by atoms with Crippen LogP contribution in [-0.2, 0) is 10.8 Å². The molecule has 28 rings (SSSR count). The number of hydrogen-bond acceptors (Lipinski definition) is 4. The van der Waals surface area contributed by atoms with Crippen LogP contribution in [-0.4, -0.2) is 9.13 Å². The Bertz CT molecular complexity index is 8560. The van der Waals surface area contributed by atoms with Crippen LogP contribution in [0.5, 0.6) is 0 Å². The second-order valence-corrected chi connectivity index (χ2v) is 35.1. The number of furan rings is 2. The molecule has 4 aliphatic carbocycles. The van der Waals surface area contributed by atoms with Gasteiger partial charge in [-0.15, -0.1) is 0 Å². The molecule has 0 fully saturated rings. The van der Waals surface area contributed by atoms with Gasteiger partial charge in [-0.05, 0) is 257 Å². The summed E-state index contributed by atoms with van der Waals surface area (Å²) in [7, 11) is 0. The van der Waals surface area contributed by atoms with Crippen LogP contribution in [0.4, 0.5) is 28.4 Å². The standard InChI is InChI=1S/C61H38N2O.C37H23NO.C24H16BrN/c1-2-15-41(16-3-1)63-55-25-12-7-20-48(55)50-37-40(31-36-56(50)63)39-29-32-42(33-30-39)62(57-26-14-28-59-60(57)49-21-8-13-27-58(49)64-59)43-34-35-47-46-19-6-11-24-53(46)61(54(47)38-43)51-22-9-4-17-44(51)45-18-5-10-23-52(45)61;1-5-14-29-24(10-1)25-11-2-6-15-30(25)37(29)31-16-7-3-12-26(31)27-21-20-23(22-32(27)37)38-33-17-9-19-35-36(33)28-13-4-8-18-34(28)39-35;25-19-13-10-17(11-14-19)18-12-15-24-22(16-18)21-8-4-5-9-23(21)26(24)20-6-2-1-3-7-20/h1-38H;1-22,38H;1-16H. The molecule has 24 aromatic rings. The molecule has 604 valence electrons. The van der Waals surface area contributed by atoms with Gasteiger partial charge in [0.1, 0.15) is 22.3 Å². The molecule has 0 bridgehead atoms. The number of fused-ring (bicyclic) bond motifs is 32. The Morgan fingerprint density at radius 3 is 1.06 bits per heavy atom. The Morgan fingerprint density at radius 2 is 0.581 bits per heavy atom. The second kappa shape index (κ2) is 29.4. The number of para-hydroxylation sites is 6. The SMILES string of the molecule is Brc1ccc(-c2ccc3c(c2)c2ccccc2n3-c2ccccc2)cc1.c1ccc(-n2c3ccccc3c3cc(-c4ccc(N(c5ccc6c(c5)C5(c7ccccc7-c7ccccc75)c5ccccc5-6)c5cccc6oc7ccccc7c56)cc4)ccc32)cc1.c1ccc2c(c1)-c1ccccc1C21c2ccccc2-c2ccc(Nc3cccc4oc5ccccc5c34)cc21. The zero-order valence-electron chi connectivity index (χ0n) is 69.9. The summed E-state index contributed by atoms with van der Waals surface area (Å²) >= 11 is 3.52. The van der Waals surface area contributed by atoms with Crippen molar-refractivity contribution < 1.29 is 8.83 Å². The fourth-order valence-electron chi connectivity index (χ4n) is 22.3. The molecule has 1 N–H and O–H groups in total. The van der Waals surface area contributed by atoms with Gasteiger partial charge in [0.05, 0.1) is 55.0 Å². The predicted molar refractivity (Wildman–Crippen MR) is 538 cm³/mol. The smallest absolute Gasteiger partial charge is 0.137 e. The van der Waals surface area contributed by atoms with E-state index in [-0.39, 0.29) is 5.41 Å². The van der Waals surface area contributed by atoms with Crippen molar-refractivity contribution in [2.75, 3.05) is 10.2 Å². The number of halogens is 1. The van der Waals surface area contributed by atoms with Crippen LogP contribution in [0, 0.1) is 0 Å². The lowest BCUT2D eigenvalue weighted by Crippen LogP contribution is -2.26. The fourth-order valence-corrected chi connectivity index (χ4v) is 22.5. The van der Waals surface area contributed by atoms with Crippen molar-refractivity contribution in [1.29, 1.82) is 0 Å². The molecule has 4 aliphatic rings. The van der Waals surface area contributed by atoms with Gasteiger partial charge in [0.25, 0.3) is 0 Å². The van der Waals surface area contributed by atoms with Crippen molar-refractivity contribution in [2.24, 2.45) is 0 Å². The van der Waals surface area contributed by atoms with Crippen LogP contribution in [0.2, 0.25) is 0 Å². The first kappa shape index (κ1) is 74.1. The first-order valence-corrected chi connectivity index (χ1v) is 45.0. The van der Waals surface area contributed by atoms with Gasteiger partial charge in [0, 0.05) is 65.2 Å². The van der Waals surface area contributed by atoms with Crippen LogP contribution >= 0.6 is 15.9 Å². The lowest BCUT2D eigenvalue weighted by atomic mass is 9.70. The second-order valence-electron chi connectivity index (χ2n) is 34.1. The number of nitrogens with one attached hydrogen (secondary N) is 1. The zero-order valence-corrected chi connectivity index (χ0v) is 71.5. The van der Waals surface area contributed by atoms with Gasteiger partial charge in [-0.25, -0.2) is 0 Å². The van der Waals surface area contributed by atoms with Gasteiger partial charge in [0.2, 0.25) is 0 Å². The van der Waals surface area contributed by atoms with E-state index >= 15 is 0 Å². The highest BCUT2D eigenvalue weighted by molar-refractivity contribution is 9.10. The molecule has 6 nitrogen and oxygen atoms in total. The maximum atomic E-state index is 6.53. The summed E-state index contributed by atoms with van der Waals surface area (Å²) in [5, 5.41) is 13.3. The van der Waals surface area contributed by atoms with Gasteiger partial charge >= 0.3 is 0 Å². The Balaban J connectivity index is 0.000000114. The van der Waals surface area contributed by atoms with Crippen molar-refractivity contribution in [2.45, 2.75) is 10.8 Å². The van der Waals surface area contributed by atoms with E-state index in [0.29, 0.717) is 0 Å². The summed E-state index contributed by atoms with van der Waals surface area (Å²) in [6.07, 6.45) is 0. The van der Waals surface area contributed by atoms with Crippen LogP contribution in [0.15, 0.2) is 474 Å². The Kier molecular flexibility index (Phi) is 16.9. The molecule has 0 saturated heterocycles. The third kappa shape index (κ3) is 11.2. The average molecular weight is 1710 g/mol. The topological polar surface area (TPSA) is 51.4 Å². The van der Waals surface area contributed by atoms with E-state index < -0.39 is 5.41 Å². The Labute approximate surface area is 753 Å². The monoisotopic (exact) mass is 1710 g/mol. The zero-order chi connectivity index (χ0) is 85.0. The third-order valence-corrected chi connectivity index (χ3v) is 28.1. The minimum absolute atomic E-state index is 0.342. The van der Waals surface area contributed by atoms with Crippen molar-refractivity contribution in [3.8, 4) is 78.1 Å². The fraction of sp³-hybridized carbons (Fsp3) is 0.0164. The number of anilines is 5. The van der Waals surface area contributed by atoms with Gasteiger partial charge < -0.3 is 28.2 Å². The van der Waals surface area contributed by atoms with Gasteiger partial charge in [-0.3, -0.25) is 0 Å². The molecule has 129 heavy (non-hydrogen) atoms. The van der Waals surface area contributed by atoms with Crippen molar-refractivity contribution >= 4 is 132 Å². The molecule has 0 aliphatic heterocycles. The number of aromatic nitrogens is 2. The summed E-state index contributed by atoms with van der Waals surface area (Å²) in [6.45, 7) is 0. The molecule has 0 saturated carbocycles. The first-order valence-electron chi connectivity index (χ1n) is 44.2. The molecule has 0 amide bonds. The van der Waals surface area contributed by atoms with Crippen LogP contribution in [0.3, 0.4) is 0 Å². The summed E-state index contributed by atoms with van der Waals surface area (Å²) in [5.41, 5.74) is 41.3. The van der Waals surface area contributed by atoms with Gasteiger partial charge in [-0.1, -0.05) is 331 Å². The van der Waals surface area contributed by atoms with Gasteiger partial charge in [0.15, 0.2) is 0 Å². The van der Waals surface area contributed by atoms with Crippen molar-refractivity contribution in [3.05, 3.63) is 510 Å². The number of benzene rings is 20. The average Bonchev–Trinajstić information content (AvgIpc) is 1.51. The van der Waals surface area contributed by atoms with E-state index in [1.54, 1.807) is 0 Å². The summed E-state index contributed by atoms with van der Waals surface area (Å²) < 4.78 is 18.5. The molecule has 4 aromatic heterocycles. The molecule has 20 aromatic carbocycles. The third-order valence-electron chi connectivity index (χ3n) is 27.5. The van der Waals surface area contributed by atoms with Crippen molar-refractivity contribution in [3.63, 3.8) is 0 Å². The van der Waals surface area contributed by atoms with E-state index in [1.807, 2.05) is 24.3 Å². The quantitative estimate of drug-likeness (QED) is 0.156. The lowest BCUT2D eigenvalue weighted by Gasteiger charge is -2.32. The molecular weight excluding hydrogens is 1630 g/mol. The van der Waals surface area contributed by atoms with Crippen LogP contribution < -0.4 is 10.2 Å². The number of nitrogens with zero attached hydrogens (tertiary/aromatic N) is 3. The highest BCUT2D eigenvalue weighted by atomic mass is 79.9. The molecule has 4 heterocycles. The maximum absolute atomic E-state index is 6.53. The van der Waals surface area contributed by atoms with Crippen LogP contribution in [0.1, 0.15) is 44.5 Å². The summed E-state index contributed by atoms with van der Waals surface area (Å²) in [5.74, 6) is 0. The highest BCUT2D eigenvalue weighted by Crippen LogP contribution is 2.66. The maximum Gasteiger partial charge on any atom is 0.137 e. The Morgan fingerprint density at radius 1 is 0.233 bits per heavy atom. The van der Waals surface area contributed by atoms with E-state index in [0.717, 1.165) is 88.0 Å². The van der Waals surface area contributed by atoms with E-state index in [1.165, 1.54) is 155 Å². The molecular formula is C122H77BrN4O2. The van der Waals surface area contributed by atoms with E-state index in [9.17, 15) is 0 Å². The Hall–Kier alpha value is -16.3. The summed E-state index contributed by atoms with van der Waals surface area (Å²) in [6, 6.07) is 167. The van der Waals surface area contributed by atoms with Gasteiger partial charge in [-0.2, -0.15) is 0 Å². The van der Waals surface area contributed by atoms with Crippen LogP contribution in [0.25, 0.3) is 166 Å². The lowest BCUT2D eigenvalue weighted by molar-refractivity contribution is 0.668. The van der Waals surface area contributed by atoms with Crippen molar-refractivity contribution in [1.82, 2.24) is 9.13 Å². The first-order chi connectivity index (χ1) is 63.9. The highest BCUT2D eigenvalue weighted by Gasteiger charge is 2.53. The minimum atomic E-state index is -0.457. The largest absolute Gasteiger partial charge is 0.456 e. The molecule has 7 heteroatoms. The molecule has 0 radical (unpaired) electrons. The molecule has 2 spiro atoms. The minimum Gasteiger partial charge on any atom is -0.456 e. The predicted octanol–water partition coefficient (Wildman–Crippen LogP) is 33.0. The number of hydrogen-bond donors (Lipinski definition) is 1. The van der Waals surface area contributed by atoms with E-state index in [2.05, 4.69) is 472 Å². The summed E-state index contributed by atoms with van der Waals surface area (Å²) in [4.78, 5) is 2.44. The molecule has 0 atom stereocenters. The molecule has 0 unspecified atom stereocenters. The normalized spacial score (nSPS) is 13.0. The number of rotatable bonds is 9. The van der Waals surface area contributed by atoms with E-state index in [4.69, 9.17) is 8.83 Å².